The third-order valence-corrected chi connectivity index (χ3v) is 28.1. The van der Waals surface area contributed by atoms with Crippen molar-refractivity contribution in [2.75, 3.05) is 39.6 Å². The van der Waals surface area contributed by atoms with E-state index in [9.17, 15) is 0 Å². The van der Waals surface area contributed by atoms with Crippen LogP contribution in [0.3, 0.4) is 0 Å². The molecule has 0 aromatic rings. The molecule has 0 unspecified atom stereocenters. The lowest BCUT2D eigenvalue weighted by atomic mass is 10.1. The molecule has 0 spiro atoms. The second-order valence-corrected chi connectivity index (χ2v) is 48.8. The van der Waals surface area contributed by atoms with Gasteiger partial charge < -0.3 is 26.6 Å². The molecule has 0 radical (unpaired) electrons. The molecule has 69 heavy (non-hydrogen) atoms. The SMILES string of the molecule is CCCCCCCC[Si](C)(C)OCC.CCCCCCC[Si](C)(C)OCC.CCCCCC[Si](C)(C)OCC.CCCCC[Si](C)(C)OCC.CCCC[Si](C)(C)OCC.CCC[Si](C)(C)OCC. The Hall–Kier alpha value is 1.06. The lowest BCUT2D eigenvalue weighted by Gasteiger charge is -2.21. The summed E-state index contributed by atoms with van der Waals surface area (Å²) in [4.78, 5) is 0. The maximum absolute atomic E-state index is 5.80. The van der Waals surface area contributed by atoms with Crippen LogP contribution in [0, 0.1) is 0 Å². The van der Waals surface area contributed by atoms with Gasteiger partial charge in [-0.3, -0.25) is 0 Å². The number of rotatable bonds is 39. The summed E-state index contributed by atoms with van der Waals surface area (Å²) in [6.07, 6.45) is 28.7. The van der Waals surface area contributed by atoms with Crippen LogP contribution in [0.5, 0.6) is 0 Å². The van der Waals surface area contributed by atoms with Crippen LogP contribution in [0.15, 0.2) is 0 Å². The van der Waals surface area contributed by atoms with Gasteiger partial charge in [0.1, 0.15) is 0 Å². The first-order valence-electron chi connectivity index (χ1n) is 30.1. The minimum absolute atomic E-state index is 0.888. The molecule has 0 aliphatic rings. The fourth-order valence-corrected chi connectivity index (χ4v) is 20.6. The Balaban J connectivity index is -0.000000174. The molecule has 0 aliphatic heterocycles. The lowest BCUT2D eigenvalue weighted by molar-refractivity contribution is 0.327. The maximum atomic E-state index is 5.80. The largest absolute Gasteiger partial charge is 0.418 e. The molecule has 0 fully saturated rings. The fraction of sp³-hybridized carbons (Fsp3) is 1.00. The summed E-state index contributed by atoms with van der Waals surface area (Å²) in [7, 11) is -7.46. The zero-order chi connectivity index (χ0) is 54.6. The Labute approximate surface area is 446 Å². The Bertz CT molecular complexity index is 960. The van der Waals surface area contributed by atoms with Gasteiger partial charge in [-0.25, -0.2) is 0 Å². The van der Waals surface area contributed by atoms with Gasteiger partial charge in [0.15, 0.2) is 49.9 Å². The number of hydrogen-bond donors (Lipinski definition) is 0. The first-order valence-corrected chi connectivity index (χ1v) is 48.8. The minimum atomic E-state index is -1.27. The molecule has 0 rings (SSSR count). The quantitative estimate of drug-likeness (QED) is 0.0452. The predicted octanol–water partition coefficient (Wildman–Crippen LogP) is 21.7. The maximum Gasteiger partial charge on any atom is 0.186 e. The second kappa shape index (κ2) is 55.3. The van der Waals surface area contributed by atoms with Crippen LogP contribution in [0.1, 0.15) is 218 Å². The summed E-state index contributed by atoms with van der Waals surface area (Å²) in [5, 5.41) is 0. The Morgan fingerprint density at radius 1 is 0.174 bits per heavy atom. The molecule has 0 saturated heterocycles. The van der Waals surface area contributed by atoms with E-state index in [1.165, 1.54) is 171 Å². The number of hydrogen-bond acceptors (Lipinski definition) is 6. The van der Waals surface area contributed by atoms with Gasteiger partial charge in [0, 0.05) is 39.6 Å². The van der Waals surface area contributed by atoms with E-state index < -0.39 is 49.9 Å². The topological polar surface area (TPSA) is 55.4 Å². The van der Waals surface area contributed by atoms with E-state index in [0.717, 1.165) is 39.6 Å². The highest BCUT2D eigenvalue weighted by Crippen LogP contribution is 2.20. The van der Waals surface area contributed by atoms with Crippen molar-refractivity contribution in [3.8, 4) is 0 Å². The molecule has 0 aromatic heterocycles. The zero-order valence-electron chi connectivity index (χ0n) is 52.8. The van der Waals surface area contributed by atoms with Crippen molar-refractivity contribution in [2.45, 2.75) is 333 Å². The number of unbranched alkanes of at least 4 members (excludes halogenated alkanes) is 15. The van der Waals surface area contributed by atoms with Crippen molar-refractivity contribution in [3.05, 3.63) is 0 Å². The van der Waals surface area contributed by atoms with E-state index >= 15 is 0 Å². The summed E-state index contributed by atoms with van der Waals surface area (Å²) in [6.45, 7) is 59.2. The van der Waals surface area contributed by atoms with E-state index in [1.807, 2.05) is 0 Å². The second-order valence-electron chi connectivity index (χ2n) is 23.0. The Morgan fingerprint density at radius 3 is 0.551 bits per heavy atom. The van der Waals surface area contributed by atoms with E-state index in [0.29, 0.717) is 0 Å². The molecule has 0 bridgehead atoms. The van der Waals surface area contributed by atoms with Crippen molar-refractivity contribution >= 4 is 49.9 Å². The average molecular weight is 1090 g/mol. The predicted molar refractivity (Wildman–Crippen MR) is 334 cm³/mol. The third kappa shape index (κ3) is 75.7. The third-order valence-electron chi connectivity index (χ3n) is 12.2. The van der Waals surface area contributed by atoms with Crippen LogP contribution in [-0.4, -0.2) is 89.5 Å². The Morgan fingerprint density at radius 2 is 0.333 bits per heavy atom. The summed E-state index contributed by atoms with van der Waals surface area (Å²) >= 11 is 0. The van der Waals surface area contributed by atoms with E-state index in [4.69, 9.17) is 26.6 Å². The smallest absolute Gasteiger partial charge is 0.186 e. The fourth-order valence-electron chi connectivity index (χ4n) is 8.25. The van der Waals surface area contributed by atoms with E-state index in [-0.39, 0.29) is 0 Å². The van der Waals surface area contributed by atoms with E-state index in [1.54, 1.807) is 0 Å². The van der Waals surface area contributed by atoms with Gasteiger partial charge in [0.05, 0.1) is 0 Å². The molecule has 0 aliphatic carbocycles. The van der Waals surface area contributed by atoms with E-state index in [2.05, 4.69) is 162 Å². The van der Waals surface area contributed by atoms with Crippen LogP contribution in [-0.2, 0) is 26.6 Å². The molecular weight excluding hydrogens is 949 g/mol. The molecule has 426 valence electrons. The summed E-state index contributed by atoms with van der Waals surface area (Å²) in [5.41, 5.74) is 0. The molecular formula is C57H138O6Si6. The van der Waals surface area contributed by atoms with Crippen molar-refractivity contribution in [2.24, 2.45) is 0 Å². The van der Waals surface area contributed by atoms with Crippen molar-refractivity contribution < 1.29 is 26.6 Å². The van der Waals surface area contributed by atoms with Gasteiger partial charge in [-0.05, 0) is 156 Å². The lowest BCUT2D eigenvalue weighted by Crippen LogP contribution is -2.29. The highest BCUT2D eigenvalue weighted by molar-refractivity contribution is 6.72. The average Bonchev–Trinajstić information content (AvgIpc) is 3.24. The van der Waals surface area contributed by atoms with Crippen molar-refractivity contribution in [3.63, 3.8) is 0 Å². The molecule has 0 atom stereocenters. The summed E-state index contributed by atoms with van der Waals surface area (Å²) in [6, 6.07) is 7.95. The minimum Gasteiger partial charge on any atom is -0.418 e. The summed E-state index contributed by atoms with van der Waals surface area (Å²) in [5.74, 6) is 0. The van der Waals surface area contributed by atoms with Gasteiger partial charge in [0.25, 0.3) is 0 Å². The van der Waals surface area contributed by atoms with Gasteiger partial charge in [-0.2, -0.15) is 0 Å². The van der Waals surface area contributed by atoms with Crippen LogP contribution in [0.2, 0.25) is 115 Å². The first kappa shape index (κ1) is 81.4. The van der Waals surface area contributed by atoms with Crippen LogP contribution < -0.4 is 0 Å². The van der Waals surface area contributed by atoms with Gasteiger partial charge >= 0.3 is 0 Å². The van der Waals surface area contributed by atoms with Gasteiger partial charge in [-0.15, -0.1) is 0 Å². The van der Waals surface area contributed by atoms with Gasteiger partial charge in [0.2, 0.25) is 0 Å². The normalized spacial score (nSPS) is 12.0. The summed E-state index contributed by atoms with van der Waals surface area (Å²) < 4.78 is 34.3. The van der Waals surface area contributed by atoms with Crippen molar-refractivity contribution in [1.29, 1.82) is 0 Å². The molecule has 6 nitrogen and oxygen atoms in total. The highest BCUT2D eigenvalue weighted by Gasteiger charge is 2.23. The Kier molecular flexibility index (Phi) is 65.3. The van der Waals surface area contributed by atoms with Crippen LogP contribution in [0.25, 0.3) is 0 Å². The van der Waals surface area contributed by atoms with Crippen LogP contribution in [0.4, 0.5) is 0 Å². The molecule has 0 N–H and O–H groups in total. The monoisotopic (exact) mass is 1090 g/mol. The highest BCUT2D eigenvalue weighted by atomic mass is 28.4. The van der Waals surface area contributed by atoms with Crippen molar-refractivity contribution in [1.82, 2.24) is 0 Å². The molecule has 0 saturated carbocycles. The molecule has 12 heteroatoms. The standard InChI is InChI=1S/C12H28OSi.C11H26OSi.C10H24OSi.C9H22OSi.C8H20OSi.C7H18OSi/c1-5-7-8-9-10-11-12-14(3,4)13-6-2;1-5-7-8-9-10-11-13(3,4)12-6-2;1-5-7-8-9-10-12(3,4)11-6-2;1-5-7-8-9-11(3,4)10-6-2;1-5-7-8-10(3,4)9-6-2;1-5-7-9(3,4)8-6-2/h5-12H2,1-4H3;5-11H2,1-4H3;5-10H2,1-4H3;5-9H2,1-4H3;5-8H2,1-4H3;5-7H2,1-4H3. The first-order chi connectivity index (χ1) is 32.2. The molecule has 0 amide bonds. The zero-order valence-corrected chi connectivity index (χ0v) is 58.8. The van der Waals surface area contributed by atoms with Gasteiger partial charge in [-0.1, -0.05) is 176 Å². The molecule has 0 aromatic carbocycles. The molecule has 0 heterocycles. The van der Waals surface area contributed by atoms with Crippen LogP contribution >= 0.6 is 0 Å².